The highest BCUT2D eigenvalue weighted by atomic mass is 35.5. The fraction of sp³-hybridized carbons (Fsp3) is 0.400. The molecule has 0 spiro atoms. The van der Waals surface area contributed by atoms with E-state index in [2.05, 4.69) is 12.0 Å². The van der Waals surface area contributed by atoms with Crippen LogP contribution in [0.3, 0.4) is 0 Å². The minimum Gasteiger partial charge on any atom is -0.383 e. The van der Waals surface area contributed by atoms with Gasteiger partial charge >= 0.3 is 0 Å². The van der Waals surface area contributed by atoms with Crippen LogP contribution < -0.4 is 5.73 Å². The molecule has 0 fully saturated rings. The standard InChI is InChI=1S/C15H20ClN3/c1-3-4-5-10-13-14(15(17)19(2)18-13)11-8-6-7-9-12(11)16/h6-9H,3-5,10,17H2,1-2H3. The Kier molecular flexibility index (Phi) is 4.48. The van der Waals surface area contributed by atoms with Crippen LogP contribution in [-0.2, 0) is 13.5 Å². The average Bonchev–Trinajstić information content (AvgIpc) is 2.67. The van der Waals surface area contributed by atoms with Gasteiger partial charge in [-0.15, -0.1) is 0 Å². The highest BCUT2D eigenvalue weighted by molar-refractivity contribution is 6.33. The Hall–Kier alpha value is -1.48. The number of nitrogen functional groups attached to an aromatic ring is 1. The zero-order valence-corrected chi connectivity index (χ0v) is 12.2. The number of aryl methyl sites for hydroxylation is 2. The molecular formula is C15H20ClN3. The predicted molar refractivity (Wildman–Crippen MR) is 81.3 cm³/mol. The molecule has 2 N–H and O–H groups in total. The summed E-state index contributed by atoms with van der Waals surface area (Å²) in [4.78, 5) is 0. The van der Waals surface area contributed by atoms with Crippen molar-refractivity contribution < 1.29 is 0 Å². The Morgan fingerprint density at radius 1 is 1.26 bits per heavy atom. The summed E-state index contributed by atoms with van der Waals surface area (Å²) in [5, 5.41) is 5.25. The molecule has 0 amide bonds. The number of hydrogen-bond acceptors (Lipinski definition) is 2. The van der Waals surface area contributed by atoms with Crippen LogP contribution in [0.5, 0.6) is 0 Å². The smallest absolute Gasteiger partial charge is 0.129 e. The van der Waals surface area contributed by atoms with Gasteiger partial charge in [0.05, 0.1) is 5.69 Å². The SMILES string of the molecule is CCCCCc1nn(C)c(N)c1-c1ccccc1Cl. The summed E-state index contributed by atoms with van der Waals surface area (Å²) in [5.74, 6) is 0.680. The molecule has 0 aliphatic rings. The minimum absolute atomic E-state index is 0.680. The van der Waals surface area contributed by atoms with E-state index in [-0.39, 0.29) is 0 Å². The molecule has 1 aromatic heterocycles. The number of halogens is 1. The topological polar surface area (TPSA) is 43.8 Å². The minimum atomic E-state index is 0.680. The molecule has 2 rings (SSSR count). The fourth-order valence-corrected chi connectivity index (χ4v) is 2.50. The first kappa shape index (κ1) is 13.9. The van der Waals surface area contributed by atoms with E-state index in [1.165, 1.54) is 12.8 Å². The van der Waals surface area contributed by atoms with Gasteiger partial charge in [-0.1, -0.05) is 49.6 Å². The van der Waals surface area contributed by atoms with E-state index >= 15 is 0 Å². The molecule has 1 heterocycles. The van der Waals surface area contributed by atoms with E-state index in [1.807, 2.05) is 31.3 Å². The Morgan fingerprint density at radius 2 is 2.00 bits per heavy atom. The second kappa shape index (κ2) is 6.11. The van der Waals surface area contributed by atoms with Crippen molar-refractivity contribution in [1.82, 2.24) is 9.78 Å². The van der Waals surface area contributed by atoms with Crippen LogP contribution in [0.4, 0.5) is 5.82 Å². The van der Waals surface area contributed by atoms with Gasteiger partial charge in [-0.25, -0.2) is 0 Å². The van der Waals surface area contributed by atoms with Crippen molar-refractivity contribution >= 4 is 17.4 Å². The molecule has 0 saturated carbocycles. The molecule has 0 radical (unpaired) electrons. The molecule has 1 aromatic carbocycles. The molecule has 0 saturated heterocycles. The van der Waals surface area contributed by atoms with Crippen LogP contribution in [0, 0.1) is 0 Å². The van der Waals surface area contributed by atoms with Crippen molar-refractivity contribution in [1.29, 1.82) is 0 Å². The number of rotatable bonds is 5. The van der Waals surface area contributed by atoms with E-state index in [4.69, 9.17) is 17.3 Å². The Morgan fingerprint density at radius 3 is 2.68 bits per heavy atom. The van der Waals surface area contributed by atoms with Crippen LogP contribution in [0.2, 0.25) is 5.02 Å². The van der Waals surface area contributed by atoms with Crippen LogP contribution in [0.25, 0.3) is 11.1 Å². The van der Waals surface area contributed by atoms with Crippen LogP contribution >= 0.6 is 11.6 Å². The van der Waals surface area contributed by atoms with Gasteiger partial charge in [0.1, 0.15) is 5.82 Å². The summed E-state index contributed by atoms with van der Waals surface area (Å²) in [6, 6.07) is 7.79. The van der Waals surface area contributed by atoms with Crippen LogP contribution in [-0.4, -0.2) is 9.78 Å². The Labute approximate surface area is 119 Å². The van der Waals surface area contributed by atoms with E-state index < -0.39 is 0 Å². The van der Waals surface area contributed by atoms with Gasteiger partial charge in [-0.3, -0.25) is 4.68 Å². The lowest BCUT2D eigenvalue weighted by molar-refractivity contribution is 0.685. The molecule has 2 aromatic rings. The molecule has 0 atom stereocenters. The first-order chi connectivity index (χ1) is 9.15. The molecular weight excluding hydrogens is 258 g/mol. The monoisotopic (exact) mass is 277 g/mol. The summed E-state index contributed by atoms with van der Waals surface area (Å²) in [7, 11) is 1.87. The summed E-state index contributed by atoms with van der Waals surface area (Å²) in [6.45, 7) is 2.20. The summed E-state index contributed by atoms with van der Waals surface area (Å²) >= 11 is 6.28. The highest BCUT2D eigenvalue weighted by Gasteiger charge is 2.17. The maximum absolute atomic E-state index is 6.28. The first-order valence-corrected chi connectivity index (χ1v) is 7.09. The summed E-state index contributed by atoms with van der Waals surface area (Å²) < 4.78 is 1.74. The summed E-state index contributed by atoms with van der Waals surface area (Å²) in [6.07, 6.45) is 4.48. The van der Waals surface area contributed by atoms with Crippen molar-refractivity contribution in [3.05, 3.63) is 35.0 Å². The molecule has 0 aliphatic heterocycles. The lowest BCUT2D eigenvalue weighted by Gasteiger charge is -2.06. The molecule has 3 nitrogen and oxygen atoms in total. The van der Waals surface area contributed by atoms with Crippen molar-refractivity contribution in [2.75, 3.05) is 5.73 Å². The second-order valence-corrected chi connectivity index (χ2v) is 5.17. The average molecular weight is 278 g/mol. The van der Waals surface area contributed by atoms with E-state index in [0.717, 1.165) is 34.7 Å². The fourth-order valence-electron chi connectivity index (χ4n) is 2.27. The van der Waals surface area contributed by atoms with Gasteiger partial charge < -0.3 is 5.73 Å². The van der Waals surface area contributed by atoms with Gasteiger partial charge in [-0.2, -0.15) is 5.10 Å². The number of anilines is 1. The normalized spacial score (nSPS) is 10.9. The van der Waals surface area contributed by atoms with E-state index in [9.17, 15) is 0 Å². The molecule has 102 valence electrons. The third kappa shape index (κ3) is 2.92. The molecule has 19 heavy (non-hydrogen) atoms. The molecule has 0 unspecified atom stereocenters. The van der Waals surface area contributed by atoms with Gasteiger partial charge in [-0.05, 0) is 18.9 Å². The quantitative estimate of drug-likeness (QED) is 0.838. The number of aromatic nitrogens is 2. The van der Waals surface area contributed by atoms with Crippen molar-refractivity contribution in [3.8, 4) is 11.1 Å². The second-order valence-electron chi connectivity index (χ2n) is 4.77. The lowest BCUT2D eigenvalue weighted by Crippen LogP contribution is -1.98. The maximum Gasteiger partial charge on any atom is 0.129 e. The Balaban J connectivity index is 2.41. The molecule has 0 bridgehead atoms. The molecule has 0 aliphatic carbocycles. The number of hydrogen-bond donors (Lipinski definition) is 1. The van der Waals surface area contributed by atoms with Crippen molar-refractivity contribution in [2.45, 2.75) is 32.6 Å². The van der Waals surface area contributed by atoms with E-state index in [1.54, 1.807) is 4.68 Å². The van der Waals surface area contributed by atoms with Gasteiger partial charge in [0.15, 0.2) is 0 Å². The number of benzene rings is 1. The molecule has 4 heteroatoms. The van der Waals surface area contributed by atoms with Gasteiger partial charge in [0, 0.05) is 23.2 Å². The maximum atomic E-state index is 6.28. The van der Waals surface area contributed by atoms with Crippen LogP contribution in [0.15, 0.2) is 24.3 Å². The number of nitrogens with two attached hydrogens (primary N) is 1. The van der Waals surface area contributed by atoms with Crippen molar-refractivity contribution in [3.63, 3.8) is 0 Å². The largest absolute Gasteiger partial charge is 0.383 e. The van der Waals surface area contributed by atoms with Gasteiger partial charge in [0.2, 0.25) is 0 Å². The third-order valence-corrected chi connectivity index (χ3v) is 3.65. The third-order valence-electron chi connectivity index (χ3n) is 3.32. The van der Waals surface area contributed by atoms with E-state index in [0.29, 0.717) is 5.82 Å². The zero-order valence-electron chi connectivity index (χ0n) is 11.5. The predicted octanol–water partition coefficient (Wildman–Crippen LogP) is 4.06. The Bertz CT molecular complexity index is 561. The zero-order chi connectivity index (χ0) is 13.8. The van der Waals surface area contributed by atoms with Crippen LogP contribution in [0.1, 0.15) is 31.9 Å². The van der Waals surface area contributed by atoms with Gasteiger partial charge in [0.25, 0.3) is 0 Å². The lowest BCUT2D eigenvalue weighted by atomic mass is 10.0. The number of unbranched alkanes of at least 4 members (excludes halogenated alkanes) is 2. The highest BCUT2D eigenvalue weighted by Crippen LogP contribution is 2.35. The first-order valence-electron chi connectivity index (χ1n) is 6.71. The summed E-state index contributed by atoms with van der Waals surface area (Å²) in [5.41, 5.74) is 9.16. The van der Waals surface area contributed by atoms with Crippen molar-refractivity contribution in [2.24, 2.45) is 7.05 Å². The number of nitrogens with zero attached hydrogens (tertiary/aromatic N) is 2.